The van der Waals surface area contributed by atoms with Gasteiger partial charge < -0.3 is 24.8 Å². The molecule has 0 N–H and O–H groups in total. The number of hydrogen-bond acceptors (Lipinski definition) is 0. The molecule has 0 saturated heterocycles. The summed E-state index contributed by atoms with van der Waals surface area (Å²) in [5, 5.41) is 0. The molecule has 0 radical (unpaired) electrons. The van der Waals surface area contributed by atoms with Crippen molar-refractivity contribution in [2.24, 2.45) is 0 Å². The third-order valence-corrected chi connectivity index (χ3v) is 3.18. The zero-order valence-electron chi connectivity index (χ0n) is 15.7. The molecule has 0 aromatic heterocycles. The number of rotatable bonds is 6. The Morgan fingerprint density at radius 1 is 0.875 bits per heavy atom. The first kappa shape index (κ1) is 29.4. The van der Waals surface area contributed by atoms with Crippen LogP contribution in [0.4, 0.5) is 0 Å². The van der Waals surface area contributed by atoms with E-state index in [0.29, 0.717) is 0 Å². The summed E-state index contributed by atoms with van der Waals surface area (Å²) >= 11 is 1.74. The first-order valence-electron chi connectivity index (χ1n) is 8.63. The zero-order valence-corrected chi connectivity index (χ0v) is 20.7. The molecule has 2 rings (SSSR count). The van der Waals surface area contributed by atoms with Crippen molar-refractivity contribution in [2.75, 3.05) is 0 Å². The maximum atomic E-state index is 3.16. The van der Waals surface area contributed by atoms with Gasteiger partial charge in [-0.25, -0.2) is 23.3 Å². The standard InChI is InChI=1S/2C9H13.C2H6Si.2ClH.Zr/c2*1-2-3-6-9-7-4-5-8-9;1-3-2;;;/h2*7-8H,2-4,6H2,1H3;1-2H3;2*1H;/q2*-1;;;;+2/p-2. The third-order valence-electron chi connectivity index (χ3n) is 3.18. The number of halogens is 2. The Hall–Kier alpha value is 0.640. The van der Waals surface area contributed by atoms with E-state index < -0.39 is 0 Å². The summed E-state index contributed by atoms with van der Waals surface area (Å²) < 4.78 is 0. The van der Waals surface area contributed by atoms with Crippen LogP contribution in [0.1, 0.15) is 65.2 Å². The molecule has 0 heterocycles. The normalized spacial score (nSPS) is 13.4. The molecule has 0 nitrogen and oxygen atoms in total. The third kappa shape index (κ3) is 20.7. The smallest absolute Gasteiger partial charge is 1.00 e. The van der Waals surface area contributed by atoms with Gasteiger partial charge in [0.05, 0.1) is 0 Å². The van der Waals surface area contributed by atoms with Gasteiger partial charge in [-0.3, -0.25) is 12.2 Å². The van der Waals surface area contributed by atoms with Gasteiger partial charge in [0.2, 0.25) is 0 Å². The van der Waals surface area contributed by atoms with E-state index in [1.807, 2.05) is 0 Å². The van der Waals surface area contributed by atoms with E-state index in [-0.39, 0.29) is 30.2 Å². The van der Waals surface area contributed by atoms with Crippen LogP contribution in [0.2, 0.25) is 13.1 Å². The zero-order chi connectivity index (χ0) is 16.6. The second-order valence-electron chi connectivity index (χ2n) is 5.87. The molecule has 0 bridgehead atoms. The SMILES string of the molecule is CCCCC1=CC[C-]=C1.CCCCC1=CC[C-]=C1.C[Si](C)=[Zr+2].[Cl-].[Cl-]. The Kier molecular flexibility index (Phi) is 26.6. The van der Waals surface area contributed by atoms with Gasteiger partial charge in [-0.15, -0.1) is 12.8 Å². The molecular formula is C20H32Cl2SiZr-2. The van der Waals surface area contributed by atoms with Gasteiger partial charge >= 0.3 is 41.9 Å². The van der Waals surface area contributed by atoms with E-state index in [0.717, 1.165) is 12.8 Å². The molecule has 0 saturated carbocycles. The topological polar surface area (TPSA) is 0 Å². The van der Waals surface area contributed by atoms with Gasteiger partial charge in [-0.05, 0) is 0 Å². The van der Waals surface area contributed by atoms with E-state index in [2.05, 4.69) is 63.4 Å². The van der Waals surface area contributed by atoms with E-state index in [1.165, 1.54) is 49.7 Å². The fraction of sp³-hybridized carbons (Fsp3) is 0.600. The minimum Gasteiger partial charge on any atom is -1.00 e. The molecule has 0 unspecified atom stereocenters. The molecule has 4 heteroatoms. The fourth-order valence-corrected chi connectivity index (χ4v) is 1.99. The van der Waals surface area contributed by atoms with Gasteiger partial charge in [0.25, 0.3) is 0 Å². The van der Waals surface area contributed by atoms with Crippen molar-refractivity contribution in [1.82, 2.24) is 0 Å². The van der Waals surface area contributed by atoms with Crippen molar-refractivity contribution in [3.63, 3.8) is 0 Å². The molecule has 0 aromatic carbocycles. The Bertz CT molecular complexity index is 385. The van der Waals surface area contributed by atoms with Crippen molar-refractivity contribution in [3.05, 3.63) is 47.6 Å². The average molecular weight is 463 g/mol. The molecule has 0 amide bonds. The minimum atomic E-state index is 0. The first-order valence-corrected chi connectivity index (χ1v) is 14.8. The van der Waals surface area contributed by atoms with Crippen LogP contribution in [0.15, 0.2) is 35.5 Å². The minimum absolute atomic E-state index is 0. The number of allylic oxidation sites excluding steroid dienone is 8. The molecule has 136 valence electrons. The molecule has 0 spiro atoms. The fourth-order valence-electron chi connectivity index (χ4n) is 1.99. The van der Waals surface area contributed by atoms with Crippen molar-refractivity contribution in [3.8, 4) is 0 Å². The summed E-state index contributed by atoms with van der Waals surface area (Å²) in [6, 6.07) is 0. The van der Waals surface area contributed by atoms with Crippen LogP contribution in [-0.4, -0.2) is 5.43 Å². The van der Waals surface area contributed by atoms with Crippen molar-refractivity contribution < 1.29 is 48.1 Å². The Morgan fingerprint density at radius 2 is 1.21 bits per heavy atom. The van der Waals surface area contributed by atoms with Gasteiger partial charge in [-0.2, -0.15) is 12.2 Å². The van der Waals surface area contributed by atoms with Crippen LogP contribution in [0, 0.1) is 12.2 Å². The maximum Gasteiger partial charge on any atom is -1.00 e. The predicted molar refractivity (Wildman–Crippen MR) is 97.6 cm³/mol. The number of unbranched alkanes of at least 4 members (excludes halogenated alkanes) is 2. The van der Waals surface area contributed by atoms with Gasteiger partial charge in [-0.1, -0.05) is 52.4 Å². The van der Waals surface area contributed by atoms with Gasteiger partial charge in [0.15, 0.2) is 0 Å². The van der Waals surface area contributed by atoms with Gasteiger partial charge in [0.1, 0.15) is 0 Å². The summed E-state index contributed by atoms with van der Waals surface area (Å²) in [6.07, 6.45) is 24.9. The van der Waals surface area contributed by atoms with Crippen LogP contribution in [0.3, 0.4) is 0 Å². The van der Waals surface area contributed by atoms with E-state index in [1.54, 1.807) is 23.3 Å². The van der Waals surface area contributed by atoms with Crippen LogP contribution in [-0.2, 0) is 23.3 Å². The Labute approximate surface area is 178 Å². The molecule has 0 atom stereocenters. The van der Waals surface area contributed by atoms with Crippen LogP contribution >= 0.6 is 0 Å². The summed E-state index contributed by atoms with van der Waals surface area (Å²) in [5.41, 5.74) is 3.18. The van der Waals surface area contributed by atoms with Gasteiger partial charge in [0, 0.05) is 0 Å². The largest absolute Gasteiger partial charge is 1.00 e. The Balaban J connectivity index is -0.000000283. The van der Waals surface area contributed by atoms with E-state index >= 15 is 0 Å². The average Bonchev–Trinajstić information content (AvgIpc) is 3.16. The molecule has 2 aliphatic rings. The van der Waals surface area contributed by atoms with E-state index in [4.69, 9.17) is 0 Å². The number of hydrogen-bond donors (Lipinski definition) is 0. The Morgan fingerprint density at radius 3 is 1.42 bits per heavy atom. The molecule has 24 heavy (non-hydrogen) atoms. The summed E-state index contributed by atoms with van der Waals surface area (Å²) in [5.74, 6) is 0. The van der Waals surface area contributed by atoms with Crippen molar-refractivity contribution >= 4 is 5.43 Å². The molecule has 0 aliphatic heterocycles. The monoisotopic (exact) mass is 460 g/mol. The molecular weight excluding hydrogens is 430 g/mol. The predicted octanol–water partition coefficient (Wildman–Crippen LogP) is 0.524. The first-order chi connectivity index (χ1) is 10.6. The van der Waals surface area contributed by atoms with Crippen LogP contribution in [0.5, 0.6) is 0 Å². The molecule has 0 aromatic rings. The maximum absolute atomic E-state index is 3.16. The molecule has 0 fully saturated rings. The second-order valence-corrected chi connectivity index (χ2v) is 15.2. The van der Waals surface area contributed by atoms with Crippen molar-refractivity contribution in [1.29, 1.82) is 0 Å². The second kappa shape index (κ2) is 21.7. The van der Waals surface area contributed by atoms with Crippen LogP contribution < -0.4 is 24.8 Å². The van der Waals surface area contributed by atoms with Crippen molar-refractivity contribution in [2.45, 2.75) is 78.3 Å². The summed E-state index contributed by atoms with van der Waals surface area (Å²) in [4.78, 5) is 0. The van der Waals surface area contributed by atoms with E-state index in [9.17, 15) is 0 Å². The summed E-state index contributed by atoms with van der Waals surface area (Å²) in [7, 11) is 0. The molecule has 2 aliphatic carbocycles. The quantitative estimate of drug-likeness (QED) is 0.399. The summed E-state index contributed by atoms with van der Waals surface area (Å²) in [6.45, 7) is 9.07. The van der Waals surface area contributed by atoms with Crippen LogP contribution in [0.25, 0.3) is 0 Å².